The van der Waals surface area contributed by atoms with Crippen molar-refractivity contribution in [2.45, 2.75) is 13.2 Å². The first-order valence-corrected chi connectivity index (χ1v) is 5.60. The van der Waals surface area contributed by atoms with Gasteiger partial charge in [-0.1, -0.05) is 0 Å². The van der Waals surface area contributed by atoms with E-state index in [1.165, 1.54) is 0 Å². The second-order valence-corrected chi connectivity index (χ2v) is 3.92. The summed E-state index contributed by atoms with van der Waals surface area (Å²) in [4.78, 5) is 0. The Hall–Kier alpha value is -1.17. The molecule has 0 aliphatic rings. The van der Waals surface area contributed by atoms with E-state index in [0.717, 1.165) is 17.0 Å². The summed E-state index contributed by atoms with van der Waals surface area (Å²) in [5, 5.41) is 26.3. The minimum Gasteiger partial charge on any atom is -0.394 e. The molecule has 0 aromatic carbocycles. The van der Waals surface area contributed by atoms with Crippen LogP contribution in [0.25, 0.3) is 11.3 Å². The van der Waals surface area contributed by atoms with E-state index >= 15 is 0 Å². The van der Waals surface area contributed by atoms with Crippen LogP contribution in [0.4, 0.5) is 0 Å². The molecular weight excluding hydrogens is 212 g/mol. The monoisotopic (exact) mass is 224 g/mol. The minimum atomic E-state index is -0.0584. The lowest BCUT2D eigenvalue weighted by Crippen LogP contribution is -2.07. The quantitative estimate of drug-likeness (QED) is 0.817. The molecule has 0 unspecified atom stereocenters. The summed E-state index contributed by atoms with van der Waals surface area (Å²) in [6.45, 7) is 0.384. The van der Waals surface area contributed by atoms with Crippen LogP contribution in [-0.4, -0.2) is 26.6 Å². The number of aliphatic hydroxyl groups is 2. The van der Waals surface area contributed by atoms with Gasteiger partial charge in [0.05, 0.1) is 31.1 Å². The Morgan fingerprint density at radius 3 is 2.87 bits per heavy atom. The molecule has 0 amide bonds. The average Bonchev–Trinajstić information content (AvgIpc) is 2.84. The number of aromatic nitrogens is 2. The fraction of sp³-hybridized carbons (Fsp3) is 0.300. The highest BCUT2D eigenvalue weighted by atomic mass is 32.1. The summed E-state index contributed by atoms with van der Waals surface area (Å²) in [5.41, 5.74) is 2.62. The topological polar surface area (TPSA) is 58.3 Å². The van der Waals surface area contributed by atoms with Crippen molar-refractivity contribution in [3.8, 4) is 11.3 Å². The van der Waals surface area contributed by atoms with Gasteiger partial charge in [0, 0.05) is 10.9 Å². The van der Waals surface area contributed by atoms with Crippen LogP contribution < -0.4 is 0 Å². The predicted octanol–water partition coefficient (Wildman–Crippen LogP) is 1.10. The number of nitrogens with zero attached hydrogens (tertiary/aromatic N) is 2. The van der Waals surface area contributed by atoms with Gasteiger partial charge >= 0.3 is 0 Å². The maximum absolute atomic E-state index is 9.12. The van der Waals surface area contributed by atoms with Crippen LogP contribution in [0.15, 0.2) is 22.9 Å². The molecule has 2 heterocycles. The highest BCUT2D eigenvalue weighted by Crippen LogP contribution is 2.21. The molecule has 2 N–H and O–H groups in total. The van der Waals surface area contributed by atoms with E-state index in [1.807, 2.05) is 22.9 Å². The lowest BCUT2D eigenvalue weighted by molar-refractivity contribution is 0.244. The lowest BCUT2D eigenvalue weighted by atomic mass is 10.2. The summed E-state index contributed by atoms with van der Waals surface area (Å²) in [7, 11) is 0. The number of aliphatic hydroxyl groups excluding tert-OH is 2. The van der Waals surface area contributed by atoms with Crippen molar-refractivity contribution in [1.29, 1.82) is 0 Å². The Balaban J connectivity index is 2.34. The van der Waals surface area contributed by atoms with Gasteiger partial charge in [-0.25, -0.2) is 0 Å². The summed E-state index contributed by atoms with van der Waals surface area (Å²) < 4.78 is 1.63. The van der Waals surface area contributed by atoms with Gasteiger partial charge in [-0.3, -0.25) is 4.68 Å². The molecule has 2 aromatic heterocycles. The van der Waals surface area contributed by atoms with E-state index in [2.05, 4.69) is 5.10 Å². The second-order valence-electron chi connectivity index (χ2n) is 3.14. The van der Waals surface area contributed by atoms with E-state index < -0.39 is 0 Å². The smallest absolute Gasteiger partial charge is 0.0935 e. The van der Waals surface area contributed by atoms with Gasteiger partial charge < -0.3 is 10.2 Å². The Labute approximate surface area is 91.4 Å². The summed E-state index contributed by atoms with van der Waals surface area (Å²) in [5.74, 6) is 0. The van der Waals surface area contributed by atoms with Crippen LogP contribution in [0.1, 0.15) is 5.69 Å². The maximum atomic E-state index is 9.12. The molecule has 0 fully saturated rings. The van der Waals surface area contributed by atoms with Crippen molar-refractivity contribution in [2.24, 2.45) is 0 Å². The highest BCUT2D eigenvalue weighted by molar-refractivity contribution is 7.08. The second kappa shape index (κ2) is 4.57. The molecule has 0 saturated heterocycles. The van der Waals surface area contributed by atoms with Crippen molar-refractivity contribution in [2.75, 3.05) is 6.61 Å². The van der Waals surface area contributed by atoms with Crippen LogP contribution in [0.5, 0.6) is 0 Å². The van der Waals surface area contributed by atoms with Crippen molar-refractivity contribution in [1.82, 2.24) is 9.78 Å². The molecule has 0 bridgehead atoms. The van der Waals surface area contributed by atoms with E-state index in [0.29, 0.717) is 6.54 Å². The van der Waals surface area contributed by atoms with Gasteiger partial charge in [0.1, 0.15) is 0 Å². The third kappa shape index (κ3) is 2.09. The van der Waals surface area contributed by atoms with Gasteiger partial charge in [0.2, 0.25) is 0 Å². The normalized spacial score (nSPS) is 10.8. The Morgan fingerprint density at radius 2 is 2.27 bits per heavy atom. The maximum Gasteiger partial charge on any atom is 0.0935 e. The van der Waals surface area contributed by atoms with Crippen molar-refractivity contribution >= 4 is 11.3 Å². The molecule has 0 aliphatic heterocycles. The van der Waals surface area contributed by atoms with Crippen LogP contribution in [-0.2, 0) is 13.2 Å². The molecule has 15 heavy (non-hydrogen) atoms. The van der Waals surface area contributed by atoms with E-state index in [9.17, 15) is 0 Å². The third-order valence-corrected chi connectivity index (χ3v) is 2.84. The van der Waals surface area contributed by atoms with Crippen LogP contribution in [0.3, 0.4) is 0 Å². The zero-order valence-corrected chi connectivity index (χ0v) is 8.94. The van der Waals surface area contributed by atoms with Gasteiger partial charge in [0.15, 0.2) is 0 Å². The Bertz CT molecular complexity index is 423. The first kappa shape index (κ1) is 10.4. The molecule has 0 spiro atoms. The highest BCUT2D eigenvalue weighted by Gasteiger charge is 2.08. The fourth-order valence-corrected chi connectivity index (χ4v) is 2.07. The van der Waals surface area contributed by atoms with Crippen molar-refractivity contribution in [3.63, 3.8) is 0 Å². The van der Waals surface area contributed by atoms with Gasteiger partial charge in [0.25, 0.3) is 0 Å². The van der Waals surface area contributed by atoms with E-state index in [-0.39, 0.29) is 13.2 Å². The molecule has 5 heteroatoms. The first-order valence-electron chi connectivity index (χ1n) is 4.66. The van der Waals surface area contributed by atoms with Gasteiger partial charge in [-0.15, -0.1) is 0 Å². The van der Waals surface area contributed by atoms with Crippen LogP contribution >= 0.6 is 11.3 Å². The van der Waals surface area contributed by atoms with E-state index in [4.69, 9.17) is 10.2 Å². The molecule has 2 aromatic rings. The zero-order chi connectivity index (χ0) is 10.7. The summed E-state index contributed by atoms with van der Waals surface area (Å²) >= 11 is 1.61. The number of hydrogen-bond acceptors (Lipinski definition) is 4. The largest absolute Gasteiger partial charge is 0.394 e. The lowest BCUT2D eigenvalue weighted by Gasteiger charge is -2.00. The molecule has 0 radical (unpaired) electrons. The van der Waals surface area contributed by atoms with E-state index in [1.54, 1.807) is 16.0 Å². The summed E-state index contributed by atoms with van der Waals surface area (Å²) in [6, 6.07) is 3.83. The number of thiophene rings is 1. The SMILES string of the molecule is OCCn1nc(-c2ccsc2)cc1CO. The summed E-state index contributed by atoms with van der Waals surface area (Å²) in [6.07, 6.45) is 0. The molecule has 80 valence electrons. The number of rotatable bonds is 4. The zero-order valence-electron chi connectivity index (χ0n) is 8.13. The molecule has 2 rings (SSSR count). The standard InChI is InChI=1S/C10H12N2O2S/c13-3-2-12-9(6-14)5-10(11-12)8-1-4-15-7-8/h1,4-5,7,13-14H,2-3,6H2. The van der Waals surface area contributed by atoms with Crippen molar-refractivity contribution in [3.05, 3.63) is 28.6 Å². The molecular formula is C10H12N2O2S. The van der Waals surface area contributed by atoms with Gasteiger partial charge in [-0.05, 0) is 17.5 Å². The first-order chi connectivity index (χ1) is 7.35. The predicted molar refractivity (Wildman–Crippen MR) is 58.5 cm³/mol. The molecule has 0 atom stereocenters. The fourth-order valence-electron chi connectivity index (χ4n) is 1.42. The molecule has 4 nitrogen and oxygen atoms in total. The van der Waals surface area contributed by atoms with Crippen LogP contribution in [0, 0.1) is 0 Å². The molecule has 0 aliphatic carbocycles. The minimum absolute atomic E-state index is 0.0256. The van der Waals surface area contributed by atoms with Crippen LogP contribution in [0.2, 0.25) is 0 Å². The number of hydrogen-bond donors (Lipinski definition) is 2. The average molecular weight is 224 g/mol. The van der Waals surface area contributed by atoms with Crippen molar-refractivity contribution < 1.29 is 10.2 Å². The van der Waals surface area contributed by atoms with Gasteiger partial charge in [-0.2, -0.15) is 16.4 Å². The molecule has 0 saturated carbocycles. The Kier molecular flexibility index (Phi) is 3.15. The Morgan fingerprint density at radius 1 is 1.40 bits per heavy atom. The third-order valence-electron chi connectivity index (χ3n) is 2.15.